The van der Waals surface area contributed by atoms with Crippen molar-refractivity contribution in [1.82, 2.24) is 18.7 Å². The molecule has 364 valence electrons. The Morgan fingerprint density at radius 3 is 1.93 bits per heavy atom. The van der Waals surface area contributed by atoms with Gasteiger partial charge in [0.2, 0.25) is 0 Å². The van der Waals surface area contributed by atoms with Crippen LogP contribution in [0.5, 0.6) is 17.2 Å². The van der Waals surface area contributed by atoms with Crippen LogP contribution in [0.1, 0.15) is 74.3 Å². The van der Waals surface area contributed by atoms with Gasteiger partial charge in [0.25, 0.3) is 0 Å². The van der Waals surface area contributed by atoms with Crippen LogP contribution in [-0.4, -0.2) is 25.3 Å². The molecule has 0 radical (unpaired) electrons. The van der Waals surface area contributed by atoms with Gasteiger partial charge in [-0.05, 0) is 36.4 Å². The second kappa shape index (κ2) is 18.2. The van der Waals surface area contributed by atoms with Crippen molar-refractivity contribution in [3.05, 3.63) is 214 Å². The number of aromatic nitrogens is 4. The molecule has 3 aromatic heterocycles. The third-order valence-electron chi connectivity index (χ3n) is 14.1. The van der Waals surface area contributed by atoms with Gasteiger partial charge in [-0.2, -0.15) is 0 Å². The predicted molar refractivity (Wildman–Crippen MR) is 294 cm³/mol. The maximum absolute atomic E-state index is 8.66. The van der Waals surface area contributed by atoms with Crippen LogP contribution in [-0.2, 0) is 36.6 Å². The molecule has 0 bridgehead atoms. The Kier molecular flexibility index (Phi) is 10.7. The number of benzene rings is 8. The van der Waals surface area contributed by atoms with Crippen molar-refractivity contribution in [3.63, 3.8) is 0 Å². The zero-order chi connectivity index (χ0) is 52.7. The SMILES string of the molecule is [2H]C([2H])([2H])c1cc(-n2c3[c-]c(Oc4[c-]c(-n5[c](=[Pt])n(-c6c(-c7ccccc7)cccc6-c6cc(C(C)(C)C)cc(C(C)(C)C)c6)c6ccccc65)ccc4)ccc3c3cc4c(cc32)OCCC4)ncc1-c1ccccc1. The van der Waals surface area contributed by atoms with Crippen molar-refractivity contribution in [3.8, 4) is 67.8 Å². The summed E-state index contributed by atoms with van der Waals surface area (Å²) in [6, 6.07) is 65.8. The molecule has 0 atom stereocenters. The Morgan fingerprint density at radius 2 is 1.23 bits per heavy atom. The van der Waals surface area contributed by atoms with Crippen molar-refractivity contribution in [1.29, 1.82) is 0 Å². The molecule has 0 aliphatic carbocycles. The van der Waals surface area contributed by atoms with E-state index in [0.717, 1.165) is 88.9 Å². The molecular formula is C66H56N4O2Pt-2. The summed E-state index contributed by atoms with van der Waals surface area (Å²) < 4.78 is 46.6. The van der Waals surface area contributed by atoms with E-state index in [1.165, 1.54) is 16.7 Å². The van der Waals surface area contributed by atoms with Crippen LogP contribution in [0.15, 0.2) is 176 Å². The van der Waals surface area contributed by atoms with Gasteiger partial charge in [-0.25, -0.2) is 0 Å². The van der Waals surface area contributed by atoms with E-state index >= 15 is 0 Å². The number of hydrogen-bond acceptors (Lipinski definition) is 3. The molecule has 1 aliphatic rings. The summed E-state index contributed by atoms with van der Waals surface area (Å²) in [5.41, 5.74) is 15.2. The number of pyridine rings is 1. The average molecular weight is 1140 g/mol. The van der Waals surface area contributed by atoms with E-state index in [1.807, 2.05) is 53.1 Å². The van der Waals surface area contributed by atoms with E-state index < -0.39 is 6.85 Å². The standard InChI is InChI=1S/C66H56N4O2.Pt/c1-43-33-63(67-41-57(43)45-21-12-9-13-22-45)70-60-39-52(30-31-55(60)56-36-46-23-18-32-71-62(46)40-61(56)70)72-51-25-16-24-50(38-51)68-42-69(59-29-15-14-28-58(59)68)64-53(44-19-10-8-11-20-44)26-17-27-54(64)47-34-48(65(2,3)4)37-49(35-47)66(5,6)7;/h8-17,19-22,24-31,33-37,40-41H,18,23,32H2,1-7H3;/q-2;/i1D3;. The average Bonchev–Trinajstić information content (AvgIpc) is 3.92. The number of ether oxygens (including phenoxy) is 2. The van der Waals surface area contributed by atoms with Gasteiger partial charge in [-0.15, -0.1) is 0 Å². The first-order valence-electron chi connectivity index (χ1n) is 26.5. The summed E-state index contributed by atoms with van der Waals surface area (Å²) in [5.74, 6) is 2.26. The number of para-hydroxylation sites is 3. The monoisotopic (exact) mass is 1130 g/mol. The maximum atomic E-state index is 8.66. The minimum Gasteiger partial charge on any atom is -0.493 e. The summed E-state index contributed by atoms with van der Waals surface area (Å²) in [7, 11) is 0. The fraction of sp³-hybridized carbons (Fsp3) is 0.182. The molecule has 0 unspecified atom stereocenters. The number of hydrogen-bond donors (Lipinski definition) is 0. The number of fused-ring (bicyclic) bond motifs is 5. The molecule has 11 aromatic rings. The van der Waals surface area contributed by atoms with E-state index in [4.69, 9.17) is 18.6 Å². The smallest absolute Gasteiger partial charge is 0.493 e. The molecule has 0 saturated heterocycles. The quantitative estimate of drug-likeness (QED) is 0.142. The van der Waals surface area contributed by atoms with Crippen LogP contribution < -0.4 is 9.47 Å². The van der Waals surface area contributed by atoms with Gasteiger partial charge in [0.05, 0.1) is 6.61 Å². The summed E-state index contributed by atoms with van der Waals surface area (Å²) in [6.45, 7) is 12.0. The topological polar surface area (TPSA) is 46.1 Å². The molecule has 0 spiro atoms. The van der Waals surface area contributed by atoms with Crippen molar-refractivity contribution in [2.45, 2.75) is 72.1 Å². The van der Waals surface area contributed by atoms with Gasteiger partial charge >= 0.3 is 346 Å². The van der Waals surface area contributed by atoms with Gasteiger partial charge in [0.15, 0.2) is 0 Å². The van der Waals surface area contributed by atoms with Crippen molar-refractivity contribution in [2.24, 2.45) is 0 Å². The van der Waals surface area contributed by atoms with Gasteiger partial charge in [-0.3, -0.25) is 0 Å². The Balaban J connectivity index is 1.00. The Labute approximate surface area is 442 Å². The van der Waals surface area contributed by atoms with Crippen LogP contribution in [0.25, 0.3) is 83.4 Å². The molecule has 0 amide bonds. The summed E-state index contributed by atoms with van der Waals surface area (Å²) in [5, 5.41) is 1.93. The minimum atomic E-state index is -2.41. The third-order valence-corrected chi connectivity index (χ3v) is 15.1. The second-order valence-corrected chi connectivity index (χ2v) is 22.1. The second-order valence-electron chi connectivity index (χ2n) is 21.1. The van der Waals surface area contributed by atoms with Crippen LogP contribution in [0, 0.1) is 22.8 Å². The molecular weight excluding hydrogens is 1080 g/mol. The molecule has 8 aromatic carbocycles. The van der Waals surface area contributed by atoms with Crippen LogP contribution in [0.2, 0.25) is 0 Å². The van der Waals surface area contributed by atoms with Gasteiger partial charge < -0.3 is 4.74 Å². The molecule has 0 fully saturated rings. The first-order valence-corrected chi connectivity index (χ1v) is 26.1. The molecule has 6 nitrogen and oxygen atoms in total. The van der Waals surface area contributed by atoms with E-state index in [-0.39, 0.29) is 16.4 Å². The Hall–Kier alpha value is -7.53. The molecule has 7 heteroatoms. The van der Waals surface area contributed by atoms with Crippen LogP contribution in [0.3, 0.4) is 0 Å². The molecule has 0 N–H and O–H groups in total. The van der Waals surface area contributed by atoms with E-state index in [2.05, 4.69) is 197 Å². The minimum absolute atomic E-state index is 0.0671. The number of nitrogens with zero attached hydrogens (tertiary/aromatic N) is 4. The van der Waals surface area contributed by atoms with E-state index in [9.17, 15) is 0 Å². The third kappa shape index (κ3) is 8.46. The van der Waals surface area contributed by atoms with Crippen LogP contribution in [0.4, 0.5) is 0 Å². The molecule has 73 heavy (non-hydrogen) atoms. The molecule has 12 rings (SSSR count). The number of rotatable bonds is 8. The van der Waals surface area contributed by atoms with Gasteiger partial charge in [0.1, 0.15) is 5.75 Å². The van der Waals surface area contributed by atoms with Crippen molar-refractivity contribution in [2.75, 3.05) is 6.61 Å². The van der Waals surface area contributed by atoms with Crippen LogP contribution >= 0.6 is 0 Å². The first-order chi connectivity index (χ1) is 36.5. The fourth-order valence-electron chi connectivity index (χ4n) is 10.3. The number of imidazole rings is 1. The normalized spacial score (nSPS) is 13.7. The summed E-state index contributed by atoms with van der Waals surface area (Å²) in [4.78, 5) is 4.97. The van der Waals surface area contributed by atoms with Gasteiger partial charge in [0, 0.05) is 15.9 Å². The Morgan fingerprint density at radius 1 is 0.589 bits per heavy atom. The van der Waals surface area contributed by atoms with Gasteiger partial charge in [-0.1, -0.05) is 30.3 Å². The number of aryl methyl sites for hydroxylation is 2. The van der Waals surface area contributed by atoms with E-state index in [1.54, 1.807) is 12.3 Å². The summed E-state index contributed by atoms with van der Waals surface area (Å²) >= 11 is 2.48. The fourth-order valence-corrected chi connectivity index (χ4v) is 11.4. The summed E-state index contributed by atoms with van der Waals surface area (Å²) in [6.07, 6.45) is 3.51. The van der Waals surface area contributed by atoms with Crippen molar-refractivity contribution < 1.29 is 32.9 Å². The van der Waals surface area contributed by atoms with E-state index in [0.29, 0.717) is 35.0 Å². The zero-order valence-electron chi connectivity index (χ0n) is 44.8. The molecule has 4 heterocycles. The molecule has 0 saturated carbocycles. The zero-order valence-corrected chi connectivity index (χ0v) is 44.1. The molecule has 1 aliphatic heterocycles. The first kappa shape index (κ1) is 43.1. The Bertz CT molecular complexity index is 4090. The predicted octanol–water partition coefficient (Wildman–Crippen LogP) is 16.6. The van der Waals surface area contributed by atoms with Crippen molar-refractivity contribution >= 4 is 32.8 Å².